The van der Waals surface area contributed by atoms with E-state index in [2.05, 4.69) is 6.92 Å². The van der Waals surface area contributed by atoms with Crippen LogP contribution in [-0.2, 0) is 14.3 Å². The third kappa shape index (κ3) is 5.55. The van der Waals surface area contributed by atoms with Crippen LogP contribution in [0.25, 0.3) is 0 Å². The summed E-state index contributed by atoms with van der Waals surface area (Å²) < 4.78 is 4.89. The van der Waals surface area contributed by atoms with Gasteiger partial charge in [-0.25, -0.2) is 0 Å². The maximum atomic E-state index is 11.4. The maximum Gasteiger partial charge on any atom is 0.309 e. The van der Waals surface area contributed by atoms with Gasteiger partial charge in [-0.1, -0.05) is 33.1 Å². The first-order chi connectivity index (χ1) is 7.17. The van der Waals surface area contributed by atoms with E-state index >= 15 is 0 Å². The van der Waals surface area contributed by atoms with Gasteiger partial charge in [-0.05, 0) is 13.3 Å². The molecule has 0 aliphatic carbocycles. The predicted octanol–water partition coefficient (Wildman–Crippen LogP) is 2.58. The van der Waals surface area contributed by atoms with Crippen molar-refractivity contribution < 1.29 is 14.3 Å². The largest absolute Gasteiger partial charge is 0.466 e. The van der Waals surface area contributed by atoms with Crippen molar-refractivity contribution in [3.8, 4) is 0 Å². The summed E-state index contributed by atoms with van der Waals surface area (Å²) in [6.45, 7) is 6.04. The van der Waals surface area contributed by atoms with Crippen LogP contribution in [0.5, 0.6) is 0 Å². The van der Waals surface area contributed by atoms with E-state index in [0.29, 0.717) is 6.61 Å². The molecule has 0 aliphatic rings. The van der Waals surface area contributed by atoms with Gasteiger partial charge >= 0.3 is 5.97 Å². The lowest BCUT2D eigenvalue weighted by Gasteiger charge is -2.16. The standard InChI is InChI=1S/C12H22O3/c1-4-6-7-8-11(9-13)10(3)12(14)15-5-2/h9-11H,4-8H2,1-3H3/t10-,11+/m0/s1. The third-order valence-corrected chi connectivity index (χ3v) is 2.62. The lowest BCUT2D eigenvalue weighted by molar-refractivity contribution is -0.150. The molecule has 0 unspecified atom stereocenters. The van der Waals surface area contributed by atoms with Crippen LogP contribution in [0.2, 0.25) is 0 Å². The summed E-state index contributed by atoms with van der Waals surface area (Å²) in [6.07, 6.45) is 4.91. The summed E-state index contributed by atoms with van der Waals surface area (Å²) in [5.74, 6) is -0.749. The zero-order chi connectivity index (χ0) is 11.7. The van der Waals surface area contributed by atoms with Crippen molar-refractivity contribution in [2.24, 2.45) is 11.8 Å². The number of aldehydes is 1. The zero-order valence-electron chi connectivity index (χ0n) is 9.99. The molecule has 0 rings (SSSR count). The molecule has 15 heavy (non-hydrogen) atoms. The minimum atomic E-state index is -0.306. The van der Waals surface area contributed by atoms with E-state index in [-0.39, 0.29) is 17.8 Å². The van der Waals surface area contributed by atoms with Gasteiger partial charge in [0.2, 0.25) is 0 Å². The average Bonchev–Trinajstić information content (AvgIpc) is 2.24. The van der Waals surface area contributed by atoms with Gasteiger partial charge in [0.05, 0.1) is 12.5 Å². The highest BCUT2D eigenvalue weighted by Gasteiger charge is 2.24. The molecule has 0 saturated carbocycles. The van der Waals surface area contributed by atoms with Gasteiger partial charge in [0.25, 0.3) is 0 Å². The number of hydrogen-bond acceptors (Lipinski definition) is 3. The number of esters is 1. The molecule has 0 N–H and O–H groups in total. The van der Waals surface area contributed by atoms with E-state index < -0.39 is 0 Å². The first-order valence-electron chi connectivity index (χ1n) is 5.79. The van der Waals surface area contributed by atoms with Crippen molar-refractivity contribution >= 4 is 12.3 Å². The Morgan fingerprint density at radius 2 is 2.00 bits per heavy atom. The van der Waals surface area contributed by atoms with Crippen LogP contribution in [0, 0.1) is 11.8 Å². The molecule has 2 atom stereocenters. The molecule has 0 radical (unpaired) electrons. The van der Waals surface area contributed by atoms with Crippen LogP contribution in [0.4, 0.5) is 0 Å². The fourth-order valence-corrected chi connectivity index (χ4v) is 1.51. The van der Waals surface area contributed by atoms with Gasteiger partial charge in [-0.15, -0.1) is 0 Å². The van der Waals surface area contributed by atoms with E-state index in [1.165, 1.54) is 0 Å². The molecule has 3 nitrogen and oxygen atoms in total. The number of ether oxygens (including phenoxy) is 1. The average molecular weight is 214 g/mol. The minimum absolute atomic E-state index is 0.185. The quantitative estimate of drug-likeness (QED) is 0.354. The lowest BCUT2D eigenvalue weighted by Crippen LogP contribution is -2.24. The van der Waals surface area contributed by atoms with Crippen molar-refractivity contribution in [1.82, 2.24) is 0 Å². The first kappa shape index (κ1) is 14.1. The van der Waals surface area contributed by atoms with Crippen LogP contribution in [0.1, 0.15) is 46.5 Å². The number of carbonyl (C=O) groups is 2. The van der Waals surface area contributed by atoms with Crippen LogP contribution in [-0.4, -0.2) is 18.9 Å². The molecule has 0 aliphatic heterocycles. The molecule has 0 aromatic rings. The second-order valence-electron chi connectivity index (χ2n) is 3.84. The zero-order valence-corrected chi connectivity index (χ0v) is 9.99. The highest BCUT2D eigenvalue weighted by molar-refractivity contribution is 5.76. The van der Waals surface area contributed by atoms with Gasteiger partial charge in [0, 0.05) is 5.92 Å². The maximum absolute atomic E-state index is 11.4. The molecule has 88 valence electrons. The molecule has 0 spiro atoms. The van der Waals surface area contributed by atoms with E-state index in [1.807, 2.05) is 0 Å². The first-order valence-corrected chi connectivity index (χ1v) is 5.79. The summed E-state index contributed by atoms with van der Waals surface area (Å²) >= 11 is 0. The third-order valence-electron chi connectivity index (χ3n) is 2.62. The lowest BCUT2D eigenvalue weighted by atomic mass is 9.90. The molecule has 0 bridgehead atoms. The van der Waals surface area contributed by atoms with Crippen LogP contribution in [0.15, 0.2) is 0 Å². The number of rotatable bonds is 8. The van der Waals surface area contributed by atoms with E-state index in [0.717, 1.165) is 32.0 Å². The number of unbranched alkanes of at least 4 members (excludes halogenated alkanes) is 2. The molecule has 0 amide bonds. The second-order valence-corrected chi connectivity index (χ2v) is 3.84. The molecular weight excluding hydrogens is 192 g/mol. The minimum Gasteiger partial charge on any atom is -0.466 e. The van der Waals surface area contributed by atoms with Gasteiger partial charge in [-0.2, -0.15) is 0 Å². The Kier molecular flexibility index (Phi) is 7.96. The monoisotopic (exact) mass is 214 g/mol. The van der Waals surface area contributed by atoms with Gasteiger partial charge in [0.15, 0.2) is 0 Å². The number of hydrogen-bond donors (Lipinski definition) is 0. The Balaban J connectivity index is 4.02. The SMILES string of the molecule is CCCCC[C@H](C=O)[C@H](C)C(=O)OCC. The van der Waals surface area contributed by atoms with Crippen molar-refractivity contribution in [3.05, 3.63) is 0 Å². The summed E-state index contributed by atoms with van der Waals surface area (Å²) in [6, 6.07) is 0. The fraction of sp³-hybridized carbons (Fsp3) is 0.833. The summed E-state index contributed by atoms with van der Waals surface area (Å²) in [7, 11) is 0. The van der Waals surface area contributed by atoms with E-state index in [4.69, 9.17) is 4.74 Å². The van der Waals surface area contributed by atoms with Gasteiger partial charge in [-0.3, -0.25) is 4.79 Å². The Hall–Kier alpha value is -0.860. The Morgan fingerprint density at radius 1 is 1.33 bits per heavy atom. The Bertz CT molecular complexity index is 189. The summed E-state index contributed by atoms with van der Waals surface area (Å²) in [5.41, 5.74) is 0. The summed E-state index contributed by atoms with van der Waals surface area (Å²) in [4.78, 5) is 22.2. The van der Waals surface area contributed by atoms with Crippen molar-refractivity contribution in [2.45, 2.75) is 46.5 Å². The van der Waals surface area contributed by atoms with E-state index in [9.17, 15) is 9.59 Å². The fourth-order valence-electron chi connectivity index (χ4n) is 1.51. The molecule has 0 aromatic heterocycles. The van der Waals surface area contributed by atoms with Crippen LogP contribution < -0.4 is 0 Å². The predicted molar refractivity (Wildman–Crippen MR) is 59.5 cm³/mol. The van der Waals surface area contributed by atoms with Crippen molar-refractivity contribution in [3.63, 3.8) is 0 Å². The molecule has 0 fully saturated rings. The highest BCUT2D eigenvalue weighted by atomic mass is 16.5. The molecular formula is C12H22O3. The Labute approximate surface area is 92.2 Å². The number of carbonyl (C=O) groups excluding carboxylic acids is 2. The molecule has 0 saturated heterocycles. The van der Waals surface area contributed by atoms with Crippen LogP contribution >= 0.6 is 0 Å². The van der Waals surface area contributed by atoms with Gasteiger partial charge < -0.3 is 9.53 Å². The summed E-state index contributed by atoms with van der Waals surface area (Å²) in [5, 5.41) is 0. The van der Waals surface area contributed by atoms with Crippen molar-refractivity contribution in [2.75, 3.05) is 6.61 Å². The van der Waals surface area contributed by atoms with Crippen LogP contribution in [0.3, 0.4) is 0 Å². The second kappa shape index (κ2) is 8.45. The van der Waals surface area contributed by atoms with E-state index in [1.54, 1.807) is 13.8 Å². The smallest absolute Gasteiger partial charge is 0.309 e. The van der Waals surface area contributed by atoms with Gasteiger partial charge in [0.1, 0.15) is 6.29 Å². The highest BCUT2D eigenvalue weighted by Crippen LogP contribution is 2.18. The molecule has 3 heteroatoms. The molecule has 0 aromatic carbocycles. The van der Waals surface area contributed by atoms with Crippen molar-refractivity contribution in [1.29, 1.82) is 0 Å². The Morgan fingerprint density at radius 3 is 2.47 bits per heavy atom. The molecule has 0 heterocycles. The topological polar surface area (TPSA) is 43.4 Å². The normalized spacial score (nSPS) is 14.3.